The second kappa shape index (κ2) is 6.68. The van der Waals surface area contributed by atoms with Crippen LogP contribution in [-0.4, -0.2) is 25.8 Å². The van der Waals surface area contributed by atoms with E-state index in [1.807, 2.05) is 11.6 Å². The van der Waals surface area contributed by atoms with Gasteiger partial charge in [-0.15, -0.1) is 0 Å². The number of benzene rings is 1. The minimum absolute atomic E-state index is 0.00521. The van der Waals surface area contributed by atoms with Gasteiger partial charge in [-0.2, -0.15) is 5.10 Å². The van der Waals surface area contributed by atoms with E-state index in [0.29, 0.717) is 16.4 Å². The molecule has 2 N–H and O–H groups in total. The van der Waals surface area contributed by atoms with E-state index in [-0.39, 0.29) is 18.4 Å². The number of rotatable bonds is 4. The lowest BCUT2D eigenvalue weighted by atomic mass is 10.0. The van der Waals surface area contributed by atoms with Crippen LogP contribution in [0.4, 0.5) is 0 Å². The third kappa shape index (κ3) is 3.71. The summed E-state index contributed by atoms with van der Waals surface area (Å²) >= 11 is 5.82. The lowest BCUT2D eigenvalue weighted by molar-refractivity contribution is -0.124. The van der Waals surface area contributed by atoms with Crippen LogP contribution >= 0.6 is 11.6 Å². The molecule has 2 heterocycles. The van der Waals surface area contributed by atoms with Crippen LogP contribution in [0.3, 0.4) is 0 Å². The number of halogens is 1. The lowest BCUT2D eigenvalue weighted by Gasteiger charge is -2.23. The molecule has 2 unspecified atom stereocenters. The van der Waals surface area contributed by atoms with Gasteiger partial charge >= 0.3 is 0 Å². The summed E-state index contributed by atoms with van der Waals surface area (Å²) in [5.41, 5.74) is 0.673. The number of carbonyl (C=O) groups excluding carboxylic acids is 1. The summed E-state index contributed by atoms with van der Waals surface area (Å²) in [5.74, 6) is 1.30. The minimum Gasteiger partial charge on any atom is -0.388 e. The number of aryl methyl sites for hydroxylation is 2. The quantitative estimate of drug-likeness (QED) is 0.899. The number of nitrogens with one attached hydrogen (secondary N) is 1. The van der Waals surface area contributed by atoms with Gasteiger partial charge in [0.25, 0.3) is 0 Å². The number of hydrogen-bond acceptors (Lipinski definition) is 4. The van der Waals surface area contributed by atoms with Crippen molar-refractivity contribution >= 4 is 17.5 Å². The Balaban J connectivity index is 1.62. The first-order valence-electron chi connectivity index (χ1n) is 7.67. The standard InChI is InChI=1S/C16H19ClN4O2/c1-10-18-16-13(3-2-8-21(16)20-10)19-15(23)9-14(22)11-4-6-12(17)7-5-11/h4-7,13-14,22H,2-3,8-9H2,1H3,(H,19,23). The molecule has 3 rings (SSSR count). The summed E-state index contributed by atoms with van der Waals surface area (Å²) < 4.78 is 1.85. The van der Waals surface area contributed by atoms with E-state index in [2.05, 4.69) is 15.4 Å². The number of aromatic nitrogens is 3. The highest BCUT2D eigenvalue weighted by atomic mass is 35.5. The third-order valence-electron chi connectivity index (χ3n) is 3.95. The van der Waals surface area contributed by atoms with E-state index < -0.39 is 6.10 Å². The molecule has 2 atom stereocenters. The van der Waals surface area contributed by atoms with E-state index in [0.717, 1.165) is 25.2 Å². The van der Waals surface area contributed by atoms with Crippen molar-refractivity contribution < 1.29 is 9.90 Å². The topological polar surface area (TPSA) is 80.0 Å². The van der Waals surface area contributed by atoms with Gasteiger partial charge in [-0.1, -0.05) is 23.7 Å². The summed E-state index contributed by atoms with van der Waals surface area (Å²) in [5, 5.41) is 18.0. The summed E-state index contributed by atoms with van der Waals surface area (Å²) in [4.78, 5) is 16.6. The normalized spacial score (nSPS) is 18.3. The predicted molar refractivity (Wildman–Crippen MR) is 85.9 cm³/mol. The van der Waals surface area contributed by atoms with Gasteiger partial charge in [0.2, 0.25) is 5.91 Å². The first-order valence-corrected chi connectivity index (χ1v) is 8.05. The molecule has 1 aliphatic rings. The molecule has 0 saturated carbocycles. The van der Waals surface area contributed by atoms with Gasteiger partial charge in [-0.25, -0.2) is 9.67 Å². The molecular weight excluding hydrogens is 316 g/mol. The van der Waals surface area contributed by atoms with Crippen LogP contribution in [-0.2, 0) is 11.3 Å². The maximum absolute atomic E-state index is 12.2. The summed E-state index contributed by atoms with van der Waals surface area (Å²) in [6, 6.07) is 6.70. The van der Waals surface area contributed by atoms with Crippen molar-refractivity contribution in [3.8, 4) is 0 Å². The second-order valence-corrected chi connectivity index (χ2v) is 6.21. The molecule has 0 radical (unpaired) electrons. The molecule has 0 bridgehead atoms. The summed E-state index contributed by atoms with van der Waals surface area (Å²) in [6.07, 6.45) is 0.933. The van der Waals surface area contributed by atoms with Gasteiger partial charge in [-0.05, 0) is 37.5 Å². The molecule has 1 amide bonds. The Morgan fingerprint density at radius 3 is 2.96 bits per heavy atom. The number of aliphatic hydroxyl groups excluding tert-OH is 1. The molecule has 0 saturated heterocycles. The highest BCUT2D eigenvalue weighted by Crippen LogP contribution is 2.24. The molecule has 1 aliphatic heterocycles. The lowest BCUT2D eigenvalue weighted by Crippen LogP contribution is -2.34. The maximum Gasteiger partial charge on any atom is 0.223 e. The molecule has 1 aromatic heterocycles. The van der Waals surface area contributed by atoms with Crippen molar-refractivity contribution in [2.45, 2.75) is 44.9 Å². The average molecular weight is 335 g/mol. The number of carbonyl (C=O) groups is 1. The highest BCUT2D eigenvalue weighted by Gasteiger charge is 2.25. The van der Waals surface area contributed by atoms with Crippen LogP contribution in [0.25, 0.3) is 0 Å². The Morgan fingerprint density at radius 1 is 1.48 bits per heavy atom. The fourth-order valence-corrected chi connectivity index (χ4v) is 2.96. The van der Waals surface area contributed by atoms with Crippen molar-refractivity contribution in [2.75, 3.05) is 0 Å². The van der Waals surface area contributed by atoms with Gasteiger partial charge in [0, 0.05) is 11.6 Å². The van der Waals surface area contributed by atoms with Gasteiger partial charge < -0.3 is 10.4 Å². The zero-order valence-corrected chi connectivity index (χ0v) is 13.6. The molecule has 6 nitrogen and oxygen atoms in total. The van der Waals surface area contributed by atoms with Crippen molar-refractivity contribution in [1.82, 2.24) is 20.1 Å². The number of fused-ring (bicyclic) bond motifs is 1. The Morgan fingerprint density at radius 2 is 2.22 bits per heavy atom. The number of hydrogen-bond donors (Lipinski definition) is 2. The molecule has 0 fully saturated rings. The molecule has 23 heavy (non-hydrogen) atoms. The number of amides is 1. The molecule has 122 valence electrons. The Bertz CT molecular complexity index is 699. The summed E-state index contributed by atoms with van der Waals surface area (Å²) in [6.45, 7) is 2.67. The number of nitrogens with zero attached hydrogens (tertiary/aromatic N) is 3. The molecule has 2 aromatic rings. The van der Waals surface area contributed by atoms with Crippen molar-refractivity contribution in [2.24, 2.45) is 0 Å². The van der Waals surface area contributed by atoms with Crippen LogP contribution < -0.4 is 5.32 Å². The van der Waals surface area contributed by atoms with Crippen LogP contribution in [0.1, 0.15) is 48.6 Å². The average Bonchev–Trinajstić information content (AvgIpc) is 2.89. The SMILES string of the molecule is Cc1nc2n(n1)CCCC2NC(=O)CC(O)c1ccc(Cl)cc1. The van der Waals surface area contributed by atoms with E-state index in [4.69, 9.17) is 11.6 Å². The van der Waals surface area contributed by atoms with Crippen LogP contribution in [0.2, 0.25) is 5.02 Å². The maximum atomic E-state index is 12.2. The monoisotopic (exact) mass is 334 g/mol. The van der Waals surface area contributed by atoms with Crippen LogP contribution in [0.5, 0.6) is 0 Å². The van der Waals surface area contributed by atoms with E-state index in [1.54, 1.807) is 24.3 Å². The molecule has 0 aliphatic carbocycles. The first-order chi connectivity index (χ1) is 11.0. The largest absolute Gasteiger partial charge is 0.388 e. The van der Waals surface area contributed by atoms with Crippen LogP contribution in [0.15, 0.2) is 24.3 Å². The molecule has 0 spiro atoms. The molecule has 7 heteroatoms. The molecular formula is C16H19ClN4O2. The summed E-state index contributed by atoms with van der Waals surface area (Å²) in [7, 11) is 0. The van der Waals surface area contributed by atoms with Gasteiger partial charge in [0.1, 0.15) is 11.6 Å². The second-order valence-electron chi connectivity index (χ2n) is 5.77. The van der Waals surface area contributed by atoms with Crippen molar-refractivity contribution in [3.63, 3.8) is 0 Å². The zero-order valence-electron chi connectivity index (χ0n) is 12.9. The van der Waals surface area contributed by atoms with E-state index >= 15 is 0 Å². The minimum atomic E-state index is -0.851. The highest BCUT2D eigenvalue weighted by molar-refractivity contribution is 6.30. The Hall–Kier alpha value is -1.92. The van der Waals surface area contributed by atoms with Crippen LogP contribution in [0, 0.1) is 6.92 Å². The van der Waals surface area contributed by atoms with Gasteiger partial charge in [-0.3, -0.25) is 4.79 Å². The van der Waals surface area contributed by atoms with E-state index in [9.17, 15) is 9.90 Å². The van der Waals surface area contributed by atoms with Crippen molar-refractivity contribution in [1.29, 1.82) is 0 Å². The first kappa shape index (κ1) is 16.0. The Labute approximate surface area is 139 Å². The smallest absolute Gasteiger partial charge is 0.223 e. The fraction of sp³-hybridized carbons (Fsp3) is 0.438. The number of aliphatic hydroxyl groups is 1. The van der Waals surface area contributed by atoms with Gasteiger partial charge in [0.05, 0.1) is 18.6 Å². The third-order valence-corrected chi connectivity index (χ3v) is 4.20. The van der Waals surface area contributed by atoms with E-state index in [1.165, 1.54) is 0 Å². The van der Waals surface area contributed by atoms with Gasteiger partial charge in [0.15, 0.2) is 0 Å². The zero-order chi connectivity index (χ0) is 16.4. The Kier molecular flexibility index (Phi) is 4.63. The predicted octanol–water partition coefficient (Wildman–Crippen LogP) is 2.31. The fourth-order valence-electron chi connectivity index (χ4n) is 2.84. The van der Waals surface area contributed by atoms with Crippen molar-refractivity contribution in [3.05, 3.63) is 46.5 Å². The molecule has 1 aromatic carbocycles.